The van der Waals surface area contributed by atoms with Gasteiger partial charge in [-0.3, -0.25) is 0 Å². The average molecular weight is 1140 g/mol. The van der Waals surface area contributed by atoms with Crippen LogP contribution in [0, 0.1) is 0 Å². The molecular formula is C90H54. The van der Waals surface area contributed by atoms with Gasteiger partial charge in [-0.2, -0.15) is 0 Å². The molecule has 19 aromatic rings. The second-order valence-electron chi connectivity index (χ2n) is 24.5. The fourth-order valence-electron chi connectivity index (χ4n) is 15.7. The van der Waals surface area contributed by atoms with E-state index in [0.29, 0.717) is 0 Å². The van der Waals surface area contributed by atoms with Crippen molar-refractivity contribution in [3.8, 4) is 66.8 Å². The largest absolute Gasteiger partial charge is 0.0616 e. The van der Waals surface area contributed by atoms with Gasteiger partial charge in [-0.05, 0) is 232 Å². The van der Waals surface area contributed by atoms with Crippen molar-refractivity contribution in [3.05, 3.63) is 328 Å². The van der Waals surface area contributed by atoms with Crippen LogP contribution in [0.25, 0.3) is 196 Å². The van der Waals surface area contributed by atoms with Crippen molar-refractivity contribution in [2.75, 3.05) is 0 Å². The molecule has 0 fully saturated rings. The van der Waals surface area contributed by atoms with E-state index in [1.807, 2.05) is 0 Å². The molecule has 0 aliphatic heterocycles. The Hall–Kier alpha value is -11.7. The minimum Gasteiger partial charge on any atom is -0.0616 e. The third-order valence-corrected chi connectivity index (χ3v) is 19.8. The highest BCUT2D eigenvalue weighted by atomic mass is 14.2. The summed E-state index contributed by atoms with van der Waals surface area (Å²) in [7, 11) is 0. The molecule has 0 atom stereocenters. The summed E-state index contributed by atoms with van der Waals surface area (Å²) in [6, 6.07) is 123. The molecule has 0 nitrogen and oxygen atoms in total. The van der Waals surface area contributed by atoms with Crippen LogP contribution < -0.4 is 0 Å². The Balaban J connectivity index is 0.762. The molecule has 90 heavy (non-hydrogen) atoms. The molecule has 19 rings (SSSR count). The Morgan fingerprint density at radius 1 is 0.100 bits per heavy atom. The number of fused-ring (bicyclic) bond motifs is 24. The summed E-state index contributed by atoms with van der Waals surface area (Å²) in [5.41, 5.74) is 14.3. The van der Waals surface area contributed by atoms with Crippen molar-refractivity contribution in [3.63, 3.8) is 0 Å². The average Bonchev–Trinajstić information content (AvgIpc) is 0.775. The van der Waals surface area contributed by atoms with Gasteiger partial charge >= 0.3 is 0 Å². The van der Waals surface area contributed by atoms with Crippen molar-refractivity contribution in [1.29, 1.82) is 0 Å². The summed E-state index contributed by atoms with van der Waals surface area (Å²) in [6.07, 6.45) is 0. The van der Waals surface area contributed by atoms with Crippen molar-refractivity contribution < 1.29 is 0 Å². The van der Waals surface area contributed by atoms with Crippen LogP contribution in [0.3, 0.4) is 0 Å². The first-order chi connectivity index (χ1) is 44.6. The van der Waals surface area contributed by atoms with Gasteiger partial charge < -0.3 is 0 Å². The van der Waals surface area contributed by atoms with Crippen LogP contribution >= 0.6 is 0 Å². The lowest BCUT2D eigenvalue weighted by Crippen LogP contribution is -1.90. The highest BCUT2D eigenvalue weighted by molar-refractivity contribution is 6.36. The van der Waals surface area contributed by atoms with E-state index in [1.165, 1.54) is 196 Å². The zero-order valence-corrected chi connectivity index (χ0v) is 49.2. The van der Waals surface area contributed by atoms with Gasteiger partial charge in [0.1, 0.15) is 0 Å². The van der Waals surface area contributed by atoms with E-state index in [2.05, 4.69) is 328 Å². The maximum absolute atomic E-state index is 2.45. The summed E-state index contributed by atoms with van der Waals surface area (Å²) >= 11 is 0. The first kappa shape index (κ1) is 50.5. The number of hydrogen-bond donors (Lipinski definition) is 0. The van der Waals surface area contributed by atoms with Crippen LogP contribution in [0.15, 0.2) is 328 Å². The van der Waals surface area contributed by atoms with Crippen LogP contribution in [-0.2, 0) is 0 Å². The summed E-state index contributed by atoms with van der Waals surface area (Å²) in [5.74, 6) is 0. The minimum absolute atomic E-state index is 1.17. The van der Waals surface area contributed by atoms with Crippen molar-refractivity contribution in [1.82, 2.24) is 0 Å². The Labute approximate surface area is 520 Å². The van der Waals surface area contributed by atoms with Gasteiger partial charge in [0.2, 0.25) is 0 Å². The zero-order valence-electron chi connectivity index (χ0n) is 49.2. The molecule has 19 aromatic carbocycles. The highest BCUT2D eigenvalue weighted by Crippen LogP contribution is 2.48. The molecule has 0 aromatic heterocycles. The maximum Gasteiger partial charge on any atom is -0.00199 e. The SMILES string of the molecule is c1ccc2c(c1)c(-c1ccc(-c3cc(-c4ccc(-c5cc6c7ccccc7c7ccccc7c6c6ccccc56)cc4)cc(-c4ccc(-c5cc6c7ccccc7c7ccccc7c6c6ccccc56)cc4)c3)cc1)cc1c3ccccc3c3ccccc3c21. The molecule has 414 valence electrons. The van der Waals surface area contributed by atoms with E-state index in [1.54, 1.807) is 0 Å². The summed E-state index contributed by atoms with van der Waals surface area (Å²) < 4.78 is 0. The molecular weight excluding hydrogens is 1080 g/mol. The van der Waals surface area contributed by atoms with Crippen LogP contribution in [0.1, 0.15) is 0 Å². The maximum atomic E-state index is 2.45. The normalized spacial score (nSPS) is 12.0. The Bertz CT molecular complexity index is 5610. The van der Waals surface area contributed by atoms with Gasteiger partial charge in [0.05, 0.1) is 0 Å². The monoisotopic (exact) mass is 1130 g/mol. The molecule has 0 saturated heterocycles. The Morgan fingerprint density at radius 2 is 0.256 bits per heavy atom. The summed E-state index contributed by atoms with van der Waals surface area (Å²) in [6.45, 7) is 0. The van der Waals surface area contributed by atoms with E-state index in [9.17, 15) is 0 Å². The molecule has 0 amide bonds. The topological polar surface area (TPSA) is 0 Å². The number of benzene rings is 19. The third kappa shape index (κ3) is 7.68. The van der Waals surface area contributed by atoms with Gasteiger partial charge in [0.25, 0.3) is 0 Å². The van der Waals surface area contributed by atoms with E-state index < -0.39 is 0 Å². The first-order valence-corrected chi connectivity index (χ1v) is 31.4. The van der Waals surface area contributed by atoms with Crippen molar-refractivity contribution >= 4 is 129 Å². The van der Waals surface area contributed by atoms with Gasteiger partial charge in [-0.25, -0.2) is 0 Å². The van der Waals surface area contributed by atoms with Crippen LogP contribution in [0.4, 0.5) is 0 Å². The Morgan fingerprint density at radius 3 is 0.478 bits per heavy atom. The molecule has 0 unspecified atom stereocenters. The summed E-state index contributed by atoms with van der Waals surface area (Å²) in [5, 5.41) is 30.8. The zero-order chi connectivity index (χ0) is 59.0. The van der Waals surface area contributed by atoms with Crippen molar-refractivity contribution in [2.24, 2.45) is 0 Å². The second-order valence-corrected chi connectivity index (χ2v) is 24.5. The molecule has 0 radical (unpaired) electrons. The quantitative estimate of drug-likeness (QED) is 0.146. The van der Waals surface area contributed by atoms with Gasteiger partial charge in [0, 0.05) is 0 Å². The lowest BCUT2D eigenvalue weighted by atomic mass is 9.86. The summed E-state index contributed by atoms with van der Waals surface area (Å²) in [4.78, 5) is 0. The van der Waals surface area contributed by atoms with E-state index in [0.717, 1.165) is 0 Å². The van der Waals surface area contributed by atoms with Gasteiger partial charge in [0.15, 0.2) is 0 Å². The second kappa shape index (κ2) is 19.9. The molecule has 0 aliphatic carbocycles. The Kier molecular flexibility index (Phi) is 11.2. The van der Waals surface area contributed by atoms with Gasteiger partial charge in [-0.15, -0.1) is 0 Å². The van der Waals surface area contributed by atoms with Crippen LogP contribution in [0.2, 0.25) is 0 Å². The fraction of sp³-hybridized carbons (Fsp3) is 0. The first-order valence-electron chi connectivity index (χ1n) is 31.4. The molecule has 0 aliphatic rings. The molecule has 0 spiro atoms. The minimum atomic E-state index is 1.17. The predicted octanol–water partition coefficient (Wildman–Crippen LogP) is 25.5. The smallest absolute Gasteiger partial charge is 0.00199 e. The number of hydrogen-bond acceptors (Lipinski definition) is 0. The molecule has 0 bridgehead atoms. The van der Waals surface area contributed by atoms with Crippen LogP contribution in [-0.4, -0.2) is 0 Å². The molecule has 0 heterocycles. The predicted molar refractivity (Wildman–Crippen MR) is 389 cm³/mol. The van der Waals surface area contributed by atoms with E-state index in [4.69, 9.17) is 0 Å². The standard InChI is InChI=1S/C90H54/c1-4-25-70-64(19-1)67-22-7-13-31-76(67)88-79-34-16-10-28-73(79)82(52-85(70)88)58-43-37-55(38-44-58)61-49-62(56-39-45-59(46-40-56)83-53-86-71-26-5-2-20-65(71)68-23-8-14-32-77(68)89(86)80-35-17-11-29-74(80)83)51-63(50-61)57-41-47-60(48-42-57)84-54-87-72-27-6-3-21-66(72)69-24-9-15-33-78(69)90(87)81-36-18-12-30-75(81)84/h1-54H. The molecule has 0 saturated carbocycles. The lowest BCUT2D eigenvalue weighted by Gasteiger charge is -2.17. The highest BCUT2D eigenvalue weighted by Gasteiger charge is 2.20. The fourth-order valence-corrected chi connectivity index (χ4v) is 15.7. The van der Waals surface area contributed by atoms with Crippen LogP contribution in [0.5, 0.6) is 0 Å². The van der Waals surface area contributed by atoms with Gasteiger partial charge in [-0.1, -0.05) is 291 Å². The van der Waals surface area contributed by atoms with Crippen molar-refractivity contribution in [2.45, 2.75) is 0 Å². The van der Waals surface area contributed by atoms with E-state index in [-0.39, 0.29) is 0 Å². The molecule has 0 N–H and O–H groups in total. The molecule has 0 heteroatoms. The third-order valence-electron chi connectivity index (χ3n) is 19.8. The van der Waals surface area contributed by atoms with E-state index >= 15 is 0 Å². The lowest BCUT2D eigenvalue weighted by molar-refractivity contribution is 1.56. The number of rotatable bonds is 6.